The number of carbonyl (C=O) groups excluding carboxylic acids is 3. The van der Waals surface area contributed by atoms with Crippen LogP contribution in [0.2, 0.25) is 0 Å². The third kappa shape index (κ3) is 7.96. The number of aliphatic carboxylic acids is 1. The van der Waals surface area contributed by atoms with Crippen LogP contribution in [0.5, 0.6) is 0 Å². The number of hydrogen-bond acceptors (Lipinski definition) is 6. The Labute approximate surface area is 194 Å². The van der Waals surface area contributed by atoms with Crippen molar-refractivity contribution >= 4 is 46.4 Å². The van der Waals surface area contributed by atoms with E-state index in [0.717, 1.165) is 22.5 Å². The molecule has 4 amide bonds. The highest BCUT2D eigenvalue weighted by Gasteiger charge is 2.23. The first-order valence-corrected chi connectivity index (χ1v) is 10.7. The van der Waals surface area contributed by atoms with Crippen LogP contribution in [0.25, 0.3) is 16.5 Å². The number of ether oxygens (including phenoxy) is 1. The van der Waals surface area contributed by atoms with E-state index in [9.17, 15) is 24.3 Å². The van der Waals surface area contributed by atoms with Crippen molar-refractivity contribution in [1.29, 1.82) is 0 Å². The normalized spacial score (nSPS) is 12.2. The van der Waals surface area contributed by atoms with Gasteiger partial charge in [-0.05, 0) is 50.5 Å². The van der Waals surface area contributed by atoms with Gasteiger partial charge in [0.1, 0.15) is 16.6 Å². The second-order valence-electron chi connectivity index (χ2n) is 8.01. The lowest BCUT2D eigenvalue weighted by atomic mass is 10.1. The minimum atomic E-state index is -1.19. The highest BCUT2D eigenvalue weighted by molar-refractivity contribution is 7.20. The molecule has 1 heterocycles. The molecule has 0 saturated heterocycles. The molecular weight excluding hydrogens is 448 g/mol. The maximum absolute atomic E-state index is 11.9. The highest BCUT2D eigenvalue weighted by Crippen LogP contribution is 2.35. The van der Waals surface area contributed by atoms with Crippen LogP contribution in [-0.4, -0.2) is 40.8 Å². The fraction of sp³-hybridized carbons (Fsp3) is 0.273. The molecular formula is C22H26N4O6S. The first kappa shape index (κ1) is 25.4. The number of primary amides is 2. The average molecular weight is 475 g/mol. The zero-order valence-electron chi connectivity index (χ0n) is 18.4. The monoisotopic (exact) mass is 474 g/mol. The number of rotatable bonds is 8. The summed E-state index contributed by atoms with van der Waals surface area (Å²) in [6.45, 7) is 5.05. The lowest BCUT2D eigenvalue weighted by molar-refractivity contribution is -0.139. The smallest absolute Gasteiger partial charge is 0.408 e. The lowest BCUT2D eigenvalue weighted by Gasteiger charge is -2.21. The topological polar surface area (TPSA) is 174 Å². The van der Waals surface area contributed by atoms with E-state index < -0.39 is 35.6 Å². The Bertz CT molecular complexity index is 1090. The predicted octanol–water partition coefficient (Wildman–Crippen LogP) is 3.39. The minimum absolute atomic E-state index is 0.0380. The van der Waals surface area contributed by atoms with Crippen LogP contribution in [0, 0.1) is 0 Å². The third-order valence-corrected chi connectivity index (χ3v) is 5.18. The number of nitrogens with one attached hydrogen (secondary N) is 2. The van der Waals surface area contributed by atoms with E-state index in [2.05, 4.69) is 10.6 Å². The fourth-order valence-electron chi connectivity index (χ4n) is 2.73. The van der Waals surface area contributed by atoms with Gasteiger partial charge in [0.25, 0.3) is 5.91 Å². The molecule has 0 radical (unpaired) electrons. The van der Waals surface area contributed by atoms with Gasteiger partial charge in [-0.15, -0.1) is 11.3 Å². The SMILES string of the molecule is CC(C)(C)OC(=O)N[C@@H](C/C=C/c1cccc(-c2cc(C(N)=O)c(NC(N)=O)s2)c1)C(=O)O. The number of urea groups is 1. The van der Waals surface area contributed by atoms with Gasteiger partial charge in [0.15, 0.2) is 0 Å². The number of carboxylic acids is 1. The average Bonchev–Trinajstić information content (AvgIpc) is 3.09. The molecule has 33 heavy (non-hydrogen) atoms. The summed E-state index contributed by atoms with van der Waals surface area (Å²) in [6.07, 6.45) is 2.56. The molecule has 176 valence electrons. The lowest BCUT2D eigenvalue weighted by Crippen LogP contribution is -2.43. The molecule has 2 rings (SSSR count). The van der Waals surface area contributed by atoms with Crippen molar-refractivity contribution in [1.82, 2.24) is 5.32 Å². The first-order valence-electron chi connectivity index (χ1n) is 9.85. The second kappa shape index (κ2) is 10.6. The molecule has 11 heteroatoms. The van der Waals surface area contributed by atoms with Crippen molar-refractivity contribution in [3.8, 4) is 10.4 Å². The van der Waals surface area contributed by atoms with E-state index in [4.69, 9.17) is 16.2 Å². The van der Waals surface area contributed by atoms with Crippen LogP contribution in [-0.2, 0) is 9.53 Å². The predicted molar refractivity (Wildman–Crippen MR) is 126 cm³/mol. The number of hydrogen-bond donors (Lipinski definition) is 5. The first-order chi connectivity index (χ1) is 15.4. The van der Waals surface area contributed by atoms with Crippen LogP contribution in [0.15, 0.2) is 36.4 Å². The highest BCUT2D eigenvalue weighted by atomic mass is 32.1. The zero-order valence-corrected chi connectivity index (χ0v) is 19.2. The number of anilines is 1. The minimum Gasteiger partial charge on any atom is -0.480 e. The van der Waals surface area contributed by atoms with Gasteiger partial charge < -0.3 is 26.6 Å². The Morgan fingerprint density at radius 1 is 1.18 bits per heavy atom. The third-order valence-electron chi connectivity index (χ3n) is 4.08. The number of amides is 4. The Balaban J connectivity index is 2.16. The van der Waals surface area contributed by atoms with Gasteiger partial charge in [-0.25, -0.2) is 14.4 Å². The van der Waals surface area contributed by atoms with E-state index in [1.807, 2.05) is 18.2 Å². The molecule has 10 nitrogen and oxygen atoms in total. The molecule has 0 aliphatic heterocycles. The molecule has 0 spiro atoms. The summed E-state index contributed by atoms with van der Waals surface area (Å²) in [6, 6.07) is 6.82. The summed E-state index contributed by atoms with van der Waals surface area (Å²) in [4.78, 5) is 46.9. The summed E-state index contributed by atoms with van der Waals surface area (Å²) < 4.78 is 5.10. The molecule has 0 bridgehead atoms. The van der Waals surface area contributed by atoms with Crippen LogP contribution >= 0.6 is 11.3 Å². The van der Waals surface area contributed by atoms with Gasteiger partial charge in [0.2, 0.25) is 0 Å². The van der Waals surface area contributed by atoms with Crippen LogP contribution in [0.4, 0.5) is 14.6 Å². The number of benzene rings is 1. The number of carboxylic acid groups (broad SMARTS) is 1. The van der Waals surface area contributed by atoms with Gasteiger partial charge in [0, 0.05) is 4.88 Å². The van der Waals surface area contributed by atoms with Crippen LogP contribution < -0.4 is 22.1 Å². The Hall–Kier alpha value is -3.86. The Kier molecular flexibility index (Phi) is 8.19. The molecule has 1 aromatic carbocycles. The van der Waals surface area contributed by atoms with E-state index in [-0.39, 0.29) is 17.0 Å². The molecule has 7 N–H and O–H groups in total. The van der Waals surface area contributed by atoms with Gasteiger partial charge in [-0.2, -0.15) is 0 Å². The summed E-state index contributed by atoms with van der Waals surface area (Å²) in [5.41, 5.74) is 11.4. The van der Waals surface area contributed by atoms with Gasteiger partial charge in [0.05, 0.1) is 5.56 Å². The Morgan fingerprint density at radius 3 is 2.45 bits per heavy atom. The molecule has 2 aromatic rings. The van der Waals surface area contributed by atoms with Gasteiger partial charge in [-0.3, -0.25) is 10.1 Å². The van der Waals surface area contributed by atoms with Crippen molar-refractivity contribution in [3.05, 3.63) is 47.5 Å². The number of nitrogens with two attached hydrogens (primary N) is 2. The van der Waals surface area contributed by atoms with Gasteiger partial charge in [-0.1, -0.05) is 30.4 Å². The van der Waals surface area contributed by atoms with Crippen LogP contribution in [0.1, 0.15) is 43.1 Å². The van der Waals surface area contributed by atoms with E-state index >= 15 is 0 Å². The fourth-order valence-corrected chi connectivity index (χ4v) is 3.79. The van der Waals surface area contributed by atoms with Crippen molar-refractivity contribution < 1.29 is 29.0 Å². The number of thiophene rings is 1. The van der Waals surface area contributed by atoms with Gasteiger partial charge >= 0.3 is 18.1 Å². The molecule has 0 saturated carbocycles. The van der Waals surface area contributed by atoms with Crippen molar-refractivity contribution in [2.45, 2.75) is 38.8 Å². The maximum atomic E-state index is 11.9. The summed E-state index contributed by atoms with van der Waals surface area (Å²) in [5.74, 6) is -1.89. The van der Waals surface area contributed by atoms with Crippen molar-refractivity contribution in [3.63, 3.8) is 0 Å². The molecule has 1 atom stereocenters. The molecule has 0 aliphatic carbocycles. The zero-order chi connectivity index (χ0) is 24.8. The number of carbonyl (C=O) groups is 4. The molecule has 0 fully saturated rings. The summed E-state index contributed by atoms with van der Waals surface area (Å²) >= 11 is 1.15. The standard InChI is InChI=1S/C22H26N4O6S/c1-22(2,3)32-21(31)25-15(19(28)29)9-5-7-12-6-4-8-13(10-12)16-11-14(17(23)27)18(33-16)26-20(24)30/h4-8,10-11,15H,9H2,1-3H3,(H2,23,27)(H,25,31)(H,28,29)(H3,24,26,30)/b7-5+/t15-/m0/s1. The molecule has 0 aliphatic rings. The van der Waals surface area contributed by atoms with Crippen molar-refractivity contribution in [2.24, 2.45) is 11.5 Å². The number of alkyl carbamates (subject to hydrolysis) is 1. The van der Waals surface area contributed by atoms with E-state index in [1.165, 1.54) is 0 Å². The Morgan fingerprint density at radius 2 is 1.88 bits per heavy atom. The van der Waals surface area contributed by atoms with Crippen molar-refractivity contribution in [2.75, 3.05) is 5.32 Å². The molecule has 1 aromatic heterocycles. The largest absolute Gasteiger partial charge is 0.480 e. The maximum Gasteiger partial charge on any atom is 0.408 e. The molecule has 0 unspecified atom stereocenters. The summed E-state index contributed by atoms with van der Waals surface area (Å²) in [5, 5.41) is 14.3. The second-order valence-corrected chi connectivity index (χ2v) is 9.06. The van der Waals surface area contributed by atoms with E-state index in [0.29, 0.717) is 4.88 Å². The summed E-state index contributed by atoms with van der Waals surface area (Å²) in [7, 11) is 0. The quantitative estimate of drug-likeness (QED) is 0.392. The van der Waals surface area contributed by atoms with Crippen LogP contribution in [0.3, 0.4) is 0 Å². The van der Waals surface area contributed by atoms with E-state index in [1.54, 1.807) is 45.1 Å².